The van der Waals surface area contributed by atoms with Crippen molar-refractivity contribution in [3.05, 3.63) is 58.3 Å². The van der Waals surface area contributed by atoms with Crippen molar-refractivity contribution >= 4 is 23.2 Å². The van der Waals surface area contributed by atoms with E-state index in [1.165, 1.54) is 0 Å². The molecule has 1 aromatic heterocycles. The van der Waals surface area contributed by atoms with Gasteiger partial charge >= 0.3 is 0 Å². The third-order valence-corrected chi connectivity index (χ3v) is 6.36. The molecule has 2 aliphatic rings. The molecule has 2 saturated heterocycles. The normalized spacial score (nSPS) is 22.2. The zero-order valence-electron chi connectivity index (χ0n) is 14.1. The van der Waals surface area contributed by atoms with Crippen LogP contribution in [0.4, 0.5) is 0 Å². The molecular formula is C20H22N2O2S. The van der Waals surface area contributed by atoms with Crippen LogP contribution in [0, 0.1) is 0 Å². The predicted octanol–water partition coefficient (Wildman–Crippen LogP) is 2.96. The Morgan fingerprint density at radius 3 is 2.60 bits per heavy atom. The number of likely N-dealkylation sites (tertiary alicyclic amines) is 1. The molecule has 130 valence electrons. The van der Waals surface area contributed by atoms with E-state index in [1.807, 2.05) is 52.7 Å². The minimum absolute atomic E-state index is 0.0606. The van der Waals surface area contributed by atoms with Crippen molar-refractivity contribution in [1.29, 1.82) is 0 Å². The van der Waals surface area contributed by atoms with Gasteiger partial charge in [-0.25, -0.2) is 0 Å². The Labute approximate surface area is 151 Å². The fourth-order valence-corrected chi connectivity index (χ4v) is 4.72. The van der Waals surface area contributed by atoms with Gasteiger partial charge in [0, 0.05) is 23.5 Å². The molecular weight excluding hydrogens is 332 g/mol. The number of carbonyl (C=O) groups excluding carboxylic acids is 2. The first kappa shape index (κ1) is 16.3. The summed E-state index contributed by atoms with van der Waals surface area (Å²) >= 11 is 1.63. The topological polar surface area (TPSA) is 49.4 Å². The number of rotatable bonds is 3. The molecule has 25 heavy (non-hydrogen) atoms. The SMILES string of the molecule is O=C1NC2(CCN(C(=O)Cc3cccs3)CC2)CC1c1ccccc1. The molecule has 1 aromatic carbocycles. The van der Waals surface area contributed by atoms with E-state index in [0.29, 0.717) is 6.42 Å². The first-order valence-electron chi connectivity index (χ1n) is 8.82. The number of benzene rings is 1. The van der Waals surface area contributed by atoms with Crippen LogP contribution in [-0.4, -0.2) is 35.3 Å². The van der Waals surface area contributed by atoms with Gasteiger partial charge in [0.25, 0.3) is 0 Å². The third-order valence-electron chi connectivity index (χ3n) is 5.48. The molecule has 2 amide bonds. The van der Waals surface area contributed by atoms with Crippen molar-refractivity contribution in [2.45, 2.75) is 37.1 Å². The van der Waals surface area contributed by atoms with Crippen LogP contribution in [0.15, 0.2) is 47.8 Å². The average molecular weight is 354 g/mol. The van der Waals surface area contributed by atoms with Gasteiger partial charge in [0.05, 0.1) is 12.3 Å². The molecule has 0 radical (unpaired) electrons. The van der Waals surface area contributed by atoms with Gasteiger partial charge in [-0.3, -0.25) is 9.59 Å². The van der Waals surface area contributed by atoms with E-state index in [2.05, 4.69) is 5.32 Å². The zero-order chi connectivity index (χ0) is 17.3. The van der Waals surface area contributed by atoms with Gasteiger partial charge in [0.15, 0.2) is 0 Å². The lowest BCUT2D eigenvalue weighted by atomic mass is 9.82. The van der Waals surface area contributed by atoms with Gasteiger partial charge in [-0.15, -0.1) is 11.3 Å². The van der Waals surface area contributed by atoms with E-state index >= 15 is 0 Å². The summed E-state index contributed by atoms with van der Waals surface area (Å²) in [6.07, 6.45) is 3.02. The van der Waals surface area contributed by atoms with Gasteiger partial charge in [-0.2, -0.15) is 0 Å². The van der Waals surface area contributed by atoms with E-state index in [-0.39, 0.29) is 23.3 Å². The summed E-state index contributed by atoms with van der Waals surface area (Å²) in [6, 6.07) is 14.0. The molecule has 0 aliphatic carbocycles. The maximum Gasteiger partial charge on any atom is 0.228 e. The summed E-state index contributed by atoms with van der Waals surface area (Å²) in [5.41, 5.74) is 0.949. The maximum absolute atomic E-state index is 12.5. The molecule has 3 heterocycles. The molecule has 1 N–H and O–H groups in total. The van der Waals surface area contributed by atoms with Crippen LogP contribution in [0.25, 0.3) is 0 Å². The number of thiophene rings is 1. The van der Waals surface area contributed by atoms with E-state index in [4.69, 9.17) is 0 Å². The molecule has 2 fully saturated rings. The second kappa shape index (κ2) is 6.64. The molecule has 1 unspecified atom stereocenters. The van der Waals surface area contributed by atoms with Crippen LogP contribution in [0.5, 0.6) is 0 Å². The molecule has 2 aromatic rings. The highest BCUT2D eigenvalue weighted by molar-refractivity contribution is 7.10. The number of piperidine rings is 1. The first-order valence-corrected chi connectivity index (χ1v) is 9.70. The number of carbonyl (C=O) groups is 2. The van der Waals surface area contributed by atoms with Gasteiger partial charge in [-0.05, 0) is 36.3 Å². The van der Waals surface area contributed by atoms with Crippen molar-refractivity contribution in [3.8, 4) is 0 Å². The third kappa shape index (κ3) is 3.33. The Balaban J connectivity index is 1.38. The van der Waals surface area contributed by atoms with Crippen molar-refractivity contribution in [2.75, 3.05) is 13.1 Å². The van der Waals surface area contributed by atoms with Gasteiger partial charge in [0.1, 0.15) is 0 Å². The monoisotopic (exact) mass is 354 g/mol. The minimum Gasteiger partial charge on any atom is -0.350 e. The van der Waals surface area contributed by atoms with E-state index in [9.17, 15) is 9.59 Å². The van der Waals surface area contributed by atoms with Crippen LogP contribution in [0.1, 0.15) is 35.6 Å². The maximum atomic E-state index is 12.5. The van der Waals surface area contributed by atoms with Gasteiger partial charge < -0.3 is 10.2 Å². The summed E-state index contributed by atoms with van der Waals surface area (Å²) in [7, 11) is 0. The molecule has 2 aliphatic heterocycles. The number of nitrogens with zero attached hydrogens (tertiary/aromatic N) is 1. The lowest BCUT2D eigenvalue weighted by Crippen LogP contribution is -2.52. The highest BCUT2D eigenvalue weighted by atomic mass is 32.1. The predicted molar refractivity (Wildman–Crippen MR) is 98.5 cm³/mol. The smallest absolute Gasteiger partial charge is 0.228 e. The van der Waals surface area contributed by atoms with Crippen molar-refractivity contribution in [3.63, 3.8) is 0 Å². The van der Waals surface area contributed by atoms with Crippen molar-refractivity contribution in [1.82, 2.24) is 10.2 Å². The summed E-state index contributed by atoms with van der Waals surface area (Å²) in [5.74, 6) is 0.264. The largest absolute Gasteiger partial charge is 0.350 e. The molecule has 4 nitrogen and oxygen atoms in total. The highest BCUT2D eigenvalue weighted by Crippen LogP contribution is 2.39. The molecule has 5 heteroatoms. The second-order valence-electron chi connectivity index (χ2n) is 7.07. The summed E-state index contributed by atoms with van der Waals surface area (Å²) in [6.45, 7) is 1.46. The summed E-state index contributed by atoms with van der Waals surface area (Å²) < 4.78 is 0. The molecule has 1 atom stereocenters. The van der Waals surface area contributed by atoms with Crippen LogP contribution >= 0.6 is 11.3 Å². The Morgan fingerprint density at radius 2 is 1.92 bits per heavy atom. The van der Waals surface area contributed by atoms with Crippen LogP contribution < -0.4 is 5.32 Å². The average Bonchev–Trinajstić information content (AvgIpc) is 3.24. The lowest BCUT2D eigenvalue weighted by Gasteiger charge is -2.39. The summed E-state index contributed by atoms with van der Waals surface area (Å²) in [4.78, 5) is 28.0. The van der Waals surface area contributed by atoms with E-state index < -0.39 is 0 Å². The van der Waals surface area contributed by atoms with Gasteiger partial charge in [-0.1, -0.05) is 36.4 Å². The number of nitrogens with one attached hydrogen (secondary N) is 1. The second-order valence-corrected chi connectivity index (χ2v) is 8.11. The zero-order valence-corrected chi connectivity index (χ0v) is 14.9. The minimum atomic E-state index is -0.142. The van der Waals surface area contributed by atoms with Gasteiger partial charge in [0.2, 0.25) is 11.8 Å². The Bertz CT molecular complexity index is 749. The van der Waals surface area contributed by atoms with Crippen LogP contribution in [0.2, 0.25) is 0 Å². The van der Waals surface area contributed by atoms with Crippen LogP contribution in [0.3, 0.4) is 0 Å². The Morgan fingerprint density at radius 1 is 1.16 bits per heavy atom. The van der Waals surface area contributed by atoms with Crippen LogP contribution in [-0.2, 0) is 16.0 Å². The quantitative estimate of drug-likeness (QED) is 0.921. The molecule has 1 spiro atoms. The fourth-order valence-electron chi connectivity index (χ4n) is 4.02. The number of hydrogen-bond acceptors (Lipinski definition) is 3. The van der Waals surface area contributed by atoms with E-state index in [1.54, 1.807) is 11.3 Å². The first-order chi connectivity index (χ1) is 12.2. The highest BCUT2D eigenvalue weighted by Gasteiger charge is 2.46. The number of amides is 2. The fraction of sp³-hybridized carbons (Fsp3) is 0.400. The standard InChI is InChI=1S/C20H22N2O2S/c23-18(13-16-7-4-12-25-16)22-10-8-20(9-11-22)14-17(19(24)21-20)15-5-2-1-3-6-15/h1-7,12,17H,8-11,13-14H2,(H,21,24). The summed E-state index contributed by atoms with van der Waals surface area (Å²) in [5, 5.41) is 5.25. The molecule has 0 saturated carbocycles. The van der Waals surface area contributed by atoms with Crippen molar-refractivity contribution < 1.29 is 9.59 Å². The Hall–Kier alpha value is -2.14. The Kier molecular flexibility index (Phi) is 4.34. The van der Waals surface area contributed by atoms with E-state index in [0.717, 1.165) is 42.8 Å². The molecule has 0 bridgehead atoms. The molecule has 4 rings (SSSR count). The van der Waals surface area contributed by atoms with Crippen molar-refractivity contribution in [2.24, 2.45) is 0 Å². The lowest BCUT2D eigenvalue weighted by molar-refractivity contribution is -0.132. The number of hydrogen-bond donors (Lipinski definition) is 1.